The number of tetrazole rings is 1. The molecule has 2 aromatic heterocycles. The van der Waals surface area contributed by atoms with Crippen molar-refractivity contribution >= 4 is 11.3 Å². The molecule has 2 heterocycles. The zero-order valence-electron chi connectivity index (χ0n) is 13.1. The molecule has 20 heavy (non-hydrogen) atoms. The van der Waals surface area contributed by atoms with Crippen LogP contribution in [0.4, 0.5) is 0 Å². The molecular formula is C14H23N5S. The topological polar surface area (TPSA) is 55.6 Å². The summed E-state index contributed by atoms with van der Waals surface area (Å²) in [5.74, 6) is 0.871. The first-order chi connectivity index (χ1) is 9.28. The van der Waals surface area contributed by atoms with Gasteiger partial charge in [-0.05, 0) is 63.6 Å². The van der Waals surface area contributed by atoms with E-state index in [4.69, 9.17) is 0 Å². The van der Waals surface area contributed by atoms with Crippen LogP contribution in [0.2, 0.25) is 0 Å². The molecule has 0 radical (unpaired) electrons. The average molecular weight is 293 g/mol. The van der Waals surface area contributed by atoms with Crippen molar-refractivity contribution in [3.63, 3.8) is 0 Å². The number of hydrogen-bond acceptors (Lipinski definition) is 5. The van der Waals surface area contributed by atoms with E-state index < -0.39 is 0 Å². The molecule has 2 rings (SSSR count). The van der Waals surface area contributed by atoms with Gasteiger partial charge in [-0.25, -0.2) is 4.68 Å². The fraction of sp³-hybridized carbons (Fsp3) is 0.643. The van der Waals surface area contributed by atoms with Crippen molar-refractivity contribution in [2.45, 2.75) is 59.7 Å². The summed E-state index contributed by atoms with van der Waals surface area (Å²) in [6.45, 7) is 13.5. The Bertz CT molecular complexity index is 579. The van der Waals surface area contributed by atoms with Crippen LogP contribution < -0.4 is 5.32 Å². The van der Waals surface area contributed by atoms with Gasteiger partial charge >= 0.3 is 0 Å². The van der Waals surface area contributed by atoms with Gasteiger partial charge in [0.25, 0.3) is 0 Å². The first-order valence-electron chi connectivity index (χ1n) is 6.86. The van der Waals surface area contributed by atoms with Crippen molar-refractivity contribution in [2.24, 2.45) is 0 Å². The molecule has 6 heteroatoms. The summed E-state index contributed by atoms with van der Waals surface area (Å²) in [4.78, 5) is 2.66. The van der Waals surface area contributed by atoms with Gasteiger partial charge in [-0.2, -0.15) is 0 Å². The maximum absolute atomic E-state index is 4.16. The Labute approximate surface area is 124 Å². The van der Waals surface area contributed by atoms with Crippen LogP contribution in [0.5, 0.6) is 0 Å². The molecule has 0 aliphatic heterocycles. The van der Waals surface area contributed by atoms with E-state index in [9.17, 15) is 0 Å². The number of aromatic nitrogens is 4. The summed E-state index contributed by atoms with van der Waals surface area (Å²) in [6.07, 6.45) is 0. The molecule has 5 nitrogen and oxygen atoms in total. The third-order valence-corrected chi connectivity index (χ3v) is 4.22. The van der Waals surface area contributed by atoms with E-state index in [1.54, 1.807) is 0 Å². The van der Waals surface area contributed by atoms with E-state index in [0.717, 1.165) is 5.82 Å². The zero-order chi connectivity index (χ0) is 14.9. The number of hydrogen-bond donors (Lipinski definition) is 1. The SMILES string of the molecule is Cc1cc(C(C)n2nnnc2CNC(C)(C)C)c(C)s1. The quantitative estimate of drug-likeness (QED) is 0.942. The molecule has 110 valence electrons. The predicted octanol–water partition coefficient (Wildman–Crippen LogP) is 2.85. The van der Waals surface area contributed by atoms with Gasteiger partial charge in [-0.1, -0.05) is 0 Å². The molecule has 0 saturated carbocycles. The summed E-state index contributed by atoms with van der Waals surface area (Å²) < 4.78 is 1.91. The second-order valence-corrected chi connectivity index (χ2v) is 7.65. The lowest BCUT2D eigenvalue weighted by Gasteiger charge is -2.21. The highest BCUT2D eigenvalue weighted by molar-refractivity contribution is 7.12. The first kappa shape index (κ1) is 15.1. The van der Waals surface area contributed by atoms with Crippen LogP contribution in [0.25, 0.3) is 0 Å². The largest absolute Gasteiger partial charge is 0.305 e. The summed E-state index contributed by atoms with van der Waals surface area (Å²) in [6, 6.07) is 2.39. The van der Waals surface area contributed by atoms with Gasteiger partial charge in [0.05, 0.1) is 12.6 Å². The summed E-state index contributed by atoms with van der Waals surface area (Å²) in [5.41, 5.74) is 1.35. The van der Waals surface area contributed by atoms with Gasteiger partial charge in [0.15, 0.2) is 5.82 Å². The molecule has 0 spiro atoms. The van der Waals surface area contributed by atoms with Crippen LogP contribution >= 0.6 is 11.3 Å². The van der Waals surface area contributed by atoms with Crippen molar-refractivity contribution in [2.75, 3.05) is 0 Å². The van der Waals surface area contributed by atoms with Crippen LogP contribution in [-0.2, 0) is 6.54 Å². The highest BCUT2D eigenvalue weighted by Crippen LogP contribution is 2.28. The van der Waals surface area contributed by atoms with Crippen LogP contribution in [0, 0.1) is 13.8 Å². The lowest BCUT2D eigenvalue weighted by atomic mass is 10.1. The standard InChI is InChI=1S/C14H23N5S/c1-9-7-12(11(3)20-9)10(2)19-13(16-17-18-19)8-15-14(4,5)6/h7,10,15H,8H2,1-6H3. The van der Waals surface area contributed by atoms with E-state index in [2.05, 4.69) is 68.5 Å². The monoisotopic (exact) mass is 293 g/mol. The summed E-state index contributed by atoms with van der Waals surface area (Å²) >= 11 is 1.82. The van der Waals surface area contributed by atoms with Crippen molar-refractivity contribution in [1.82, 2.24) is 25.5 Å². The van der Waals surface area contributed by atoms with Crippen molar-refractivity contribution in [3.05, 3.63) is 27.2 Å². The van der Waals surface area contributed by atoms with Crippen LogP contribution in [0.15, 0.2) is 6.07 Å². The van der Waals surface area contributed by atoms with Crippen molar-refractivity contribution in [3.8, 4) is 0 Å². The van der Waals surface area contributed by atoms with Crippen LogP contribution in [0.3, 0.4) is 0 Å². The Morgan fingerprint density at radius 2 is 2.05 bits per heavy atom. The van der Waals surface area contributed by atoms with Gasteiger partial charge < -0.3 is 5.32 Å². The molecule has 0 bridgehead atoms. The first-order valence-corrected chi connectivity index (χ1v) is 7.68. The molecule has 0 saturated heterocycles. The fourth-order valence-electron chi connectivity index (χ4n) is 2.17. The molecule has 0 fully saturated rings. The molecular weight excluding hydrogens is 270 g/mol. The minimum Gasteiger partial charge on any atom is -0.305 e. The molecule has 1 unspecified atom stereocenters. The van der Waals surface area contributed by atoms with Gasteiger partial charge in [-0.3, -0.25) is 0 Å². The Balaban J connectivity index is 2.21. The highest BCUT2D eigenvalue weighted by Gasteiger charge is 2.19. The van der Waals surface area contributed by atoms with Gasteiger partial charge in [0.1, 0.15) is 0 Å². The summed E-state index contributed by atoms with van der Waals surface area (Å²) in [7, 11) is 0. The normalized spacial score (nSPS) is 13.7. The maximum atomic E-state index is 4.16. The summed E-state index contributed by atoms with van der Waals surface area (Å²) in [5, 5.41) is 15.6. The predicted molar refractivity (Wildman–Crippen MR) is 82.0 cm³/mol. The molecule has 1 atom stereocenters. The maximum Gasteiger partial charge on any atom is 0.165 e. The van der Waals surface area contributed by atoms with Crippen LogP contribution in [0.1, 0.15) is 54.9 Å². The van der Waals surface area contributed by atoms with E-state index in [1.165, 1.54) is 15.3 Å². The number of nitrogens with zero attached hydrogens (tertiary/aromatic N) is 4. The second kappa shape index (κ2) is 5.61. The van der Waals surface area contributed by atoms with Gasteiger partial charge in [0.2, 0.25) is 0 Å². The highest BCUT2D eigenvalue weighted by atomic mass is 32.1. The number of aryl methyl sites for hydroxylation is 2. The Morgan fingerprint density at radius 1 is 1.35 bits per heavy atom. The third-order valence-electron chi connectivity index (χ3n) is 3.23. The number of rotatable bonds is 4. The average Bonchev–Trinajstić information content (AvgIpc) is 2.91. The lowest BCUT2D eigenvalue weighted by molar-refractivity contribution is 0.403. The minimum atomic E-state index is 0.0505. The molecule has 0 aliphatic rings. The number of nitrogens with one attached hydrogen (secondary N) is 1. The van der Waals surface area contributed by atoms with E-state index in [1.807, 2.05) is 16.0 Å². The van der Waals surface area contributed by atoms with Gasteiger partial charge in [-0.15, -0.1) is 16.4 Å². The Kier molecular flexibility index (Phi) is 4.25. The second-order valence-electron chi connectivity index (χ2n) is 6.19. The van der Waals surface area contributed by atoms with Gasteiger partial charge in [0, 0.05) is 15.3 Å². The number of thiophene rings is 1. The molecule has 0 amide bonds. The minimum absolute atomic E-state index is 0.0505. The fourth-order valence-corrected chi connectivity index (χ4v) is 3.19. The molecule has 0 aliphatic carbocycles. The molecule has 2 aromatic rings. The van der Waals surface area contributed by atoms with Crippen molar-refractivity contribution < 1.29 is 0 Å². The molecule has 1 N–H and O–H groups in total. The Morgan fingerprint density at radius 3 is 2.60 bits per heavy atom. The van der Waals surface area contributed by atoms with Crippen molar-refractivity contribution in [1.29, 1.82) is 0 Å². The molecule has 0 aromatic carbocycles. The van der Waals surface area contributed by atoms with E-state index in [-0.39, 0.29) is 11.6 Å². The van der Waals surface area contributed by atoms with E-state index in [0.29, 0.717) is 6.54 Å². The lowest BCUT2D eigenvalue weighted by Crippen LogP contribution is -2.36. The van der Waals surface area contributed by atoms with Crippen LogP contribution in [-0.4, -0.2) is 25.7 Å². The Hall–Kier alpha value is -1.27. The zero-order valence-corrected chi connectivity index (χ0v) is 13.9. The smallest absolute Gasteiger partial charge is 0.165 e. The third kappa shape index (κ3) is 3.43. The van der Waals surface area contributed by atoms with E-state index >= 15 is 0 Å².